The maximum absolute atomic E-state index is 13.1. The van der Waals surface area contributed by atoms with Crippen LogP contribution < -0.4 is 9.64 Å². The Hall–Kier alpha value is -1.06. The highest BCUT2D eigenvalue weighted by atomic mass is 79.9. The van der Waals surface area contributed by atoms with Crippen molar-refractivity contribution in [3.63, 3.8) is 0 Å². The molecule has 0 aromatic heterocycles. The largest absolute Gasteiger partial charge is 0.487 e. The second-order valence-electron chi connectivity index (χ2n) is 6.84. The lowest BCUT2D eigenvalue weighted by Crippen LogP contribution is -2.27. The zero-order valence-electron chi connectivity index (χ0n) is 16.5. The smallest absolute Gasteiger partial charge is 0.270 e. The van der Waals surface area contributed by atoms with Crippen LogP contribution in [0.15, 0.2) is 68.4 Å². The van der Waals surface area contributed by atoms with Gasteiger partial charge >= 0.3 is 0 Å². The molecule has 0 atom stereocenters. The second-order valence-corrected chi connectivity index (χ2v) is 11.5. The Labute approximate surface area is 232 Å². The summed E-state index contributed by atoms with van der Waals surface area (Å²) in [5, 5.41) is 1.51. The summed E-state index contributed by atoms with van der Waals surface area (Å²) in [7, 11) is 0. The number of thioether (sulfide) groups is 1. The average molecular weight is 665 g/mol. The molecule has 33 heavy (non-hydrogen) atoms. The van der Waals surface area contributed by atoms with Gasteiger partial charge in [0.1, 0.15) is 12.4 Å². The van der Waals surface area contributed by atoms with Crippen molar-refractivity contribution in [3.8, 4) is 5.75 Å². The molecule has 0 unspecified atom stereocenters. The molecule has 1 amide bonds. The van der Waals surface area contributed by atoms with E-state index in [1.54, 1.807) is 24.3 Å². The van der Waals surface area contributed by atoms with Crippen LogP contribution in [0.5, 0.6) is 5.75 Å². The molecule has 0 bridgehead atoms. The van der Waals surface area contributed by atoms with Crippen molar-refractivity contribution < 1.29 is 9.53 Å². The predicted molar refractivity (Wildman–Crippen MR) is 150 cm³/mol. The van der Waals surface area contributed by atoms with E-state index in [2.05, 4.69) is 31.9 Å². The summed E-state index contributed by atoms with van der Waals surface area (Å²) >= 11 is 32.0. The number of rotatable bonds is 5. The Morgan fingerprint density at radius 1 is 0.970 bits per heavy atom. The first-order chi connectivity index (χ1) is 15.7. The minimum Gasteiger partial charge on any atom is -0.487 e. The Morgan fingerprint density at radius 3 is 2.24 bits per heavy atom. The number of halogens is 5. The van der Waals surface area contributed by atoms with E-state index >= 15 is 0 Å². The summed E-state index contributed by atoms with van der Waals surface area (Å²) < 4.78 is 7.86. The van der Waals surface area contributed by atoms with Crippen LogP contribution >= 0.6 is 90.6 Å². The molecule has 3 aromatic carbocycles. The Bertz CT molecular complexity index is 1280. The maximum atomic E-state index is 13.1. The van der Waals surface area contributed by atoms with Gasteiger partial charge in [0.15, 0.2) is 4.32 Å². The number of anilines is 1. The first-order valence-corrected chi connectivity index (χ1v) is 13.3. The topological polar surface area (TPSA) is 29.5 Å². The van der Waals surface area contributed by atoms with Gasteiger partial charge in [-0.1, -0.05) is 70.9 Å². The summed E-state index contributed by atoms with van der Waals surface area (Å²) in [6.45, 7) is 0.383. The van der Waals surface area contributed by atoms with Crippen molar-refractivity contribution in [3.05, 3.63) is 94.6 Å². The van der Waals surface area contributed by atoms with E-state index in [4.69, 9.17) is 51.8 Å². The minimum absolute atomic E-state index is 0.246. The Balaban J connectivity index is 1.55. The van der Waals surface area contributed by atoms with Crippen molar-refractivity contribution in [2.45, 2.75) is 6.61 Å². The van der Waals surface area contributed by atoms with Gasteiger partial charge in [0.2, 0.25) is 0 Å². The first-order valence-electron chi connectivity index (χ1n) is 9.32. The molecule has 1 aliphatic heterocycles. The van der Waals surface area contributed by atoms with Crippen molar-refractivity contribution in [1.82, 2.24) is 0 Å². The minimum atomic E-state index is -0.246. The van der Waals surface area contributed by atoms with Gasteiger partial charge < -0.3 is 4.74 Å². The van der Waals surface area contributed by atoms with Gasteiger partial charge in [0, 0.05) is 10.0 Å². The van der Waals surface area contributed by atoms with Crippen LogP contribution in [0.25, 0.3) is 6.08 Å². The lowest BCUT2D eigenvalue weighted by molar-refractivity contribution is -0.113. The van der Waals surface area contributed by atoms with Gasteiger partial charge in [0.05, 0.1) is 24.6 Å². The third kappa shape index (κ3) is 5.78. The fraction of sp³-hybridized carbons (Fsp3) is 0.0435. The lowest BCUT2D eigenvalue weighted by Gasteiger charge is -2.16. The van der Waals surface area contributed by atoms with E-state index in [9.17, 15) is 4.79 Å². The Morgan fingerprint density at radius 2 is 1.61 bits per heavy atom. The summed E-state index contributed by atoms with van der Waals surface area (Å²) in [6.07, 6.45) is 1.78. The SMILES string of the molecule is O=C1/C(=C/c2cc(Br)c(OCc3ccc(Cl)cc3)c(Br)c2)SC(=S)N1c1ccc(Cl)cc1Cl. The second kappa shape index (κ2) is 10.7. The molecular formula is C23H12Br2Cl3NO2S2. The summed E-state index contributed by atoms with van der Waals surface area (Å²) in [4.78, 5) is 15.0. The van der Waals surface area contributed by atoms with E-state index in [1.807, 2.05) is 36.4 Å². The van der Waals surface area contributed by atoms with Crippen LogP contribution in [-0.4, -0.2) is 10.2 Å². The molecule has 1 fully saturated rings. The quantitative estimate of drug-likeness (QED) is 0.201. The Kier molecular flexibility index (Phi) is 8.11. The summed E-state index contributed by atoms with van der Waals surface area (Å²) in [6, 6.07) is 16.1. The third-order valence-corrected chi connectivity index (χ3v) is 7.83. The van der Waals surface area contributed by atoms with E-state index in [0.717, 1.165) is 20.1 Å². The molecule has 4 rings (SSSR count). The molecule has 3 nitrogen and oxygen atoms in total. The van der Waals surface area contributed by atoms with Crippen molar-refractivity contribution in [2.75, 3.05) is 4.90 Å². The molecule has 168 valence electrons. The van der Waals surface area contributed by atoms with E-state index in [0.29, 0.717) is 42.3 Å². The molecule has 1 aliphatic rings. The molecule has 0 saturated carbocycles. The number of thiocarbonyl (C=S) groups is 1. The highest BCUT2D eigenvalue weighted by Gasteiger charge is 2.34. The highest BCUT2D eigenvalue weighted by molar-refractivity contribution is 9.11. The van der Waals surface area contributed by atoms with Gasteiger partial charge in [-0.15, -0.1) is 0 Å². The molecule has 1 heterocycles. The molecular weight excluding hydrogens is 653 g/mol. The van der Waals surface area contributed by atoms with Crippen LogP contribution in [0.1, 0.15) is 11.1 Å². The maximum Gasteiger partial charge on any atom is 0.270 e. The van der Waals surface area contributed by atoms with Crippen LogP contribution in [0, 0.1) is 0 Å². The van der Waals surface area contributed by atoms with Crippen LogP contribution in [0.4, 0.5) is 5.69 Å². The van der Waals surface area contributed by atoms with Gasteiger partial charge in [-0.25, -0.2) is 0 Å². The summed E-state index contributed by atoms with van der Waals surface area (Å²) in [5.41, 5.74) is 2.29. The molecule has 1 saturated heterocycles. The first kappa shape index (κ1) is 25.0. The normalized spacial score (nSPS) is 14.9. The number of benzene rings is 3. The molecule has 0 N–H and O–H groups in total. The number of carbonyl (C=O) groups is 1. The zero-order valence-corrected chi connectivity index (χ0v) is 23.5. The fourth-order valence-electron chi connectivity index (χ4n) is 3.03. The molecule has 0 radical (unpaired) electrons. The van der Waals surface area contributed by atoms with Crippen molar-refractivity contribution >= 4 is 113 Å². The van der Waals surface area contributed by atoms with Crippen LogP contribution in [0.2, 0.25) is 15.1 Å². The highest BCUT2D eigenvalue weighted by Crippen LogP contribution is 2.41. The van der Waals surface area contributed by atoms with Gasteiger partial charge in [-0.3, -0.25) is 9.69 Å². The van der Waals surface area contributed by atoms with E-state index in [1.165, 1.54) is 16.7 Å². The predicted octanol–water partition coefficient (Wildman–Crippen LogP) is 9.16. The zero-order chi connectivity index (χ0) is 23.7. The third-order valence-electron chi connectivity index (χ3n) is 4.56. The standard InChI is InChI=1S/C23H12Br2Cl3NO2S2/c24-16-7-13(8-17(25)21(16)31-11-12-1-3-14(26)4-2-12)9-20-22(30)29(23(32)33-20)19-6-5-15(27)10-18(19)28/h1-10H,11H2/b20-9-. The van der Waals surface area contributed by atoms with Gasteiger partial charge in [-0.05, 0) is 91.5 Å². The number of hydrogen-bond donors (Lipinski definition) is 0. The number of nitrogens with zero attached hydrogens (tertiary/aromatic N) is 1. The fourth-order valence-corrected chi connectivity index (χ4v) is 6.38. The van der Waals surface area contributed by atoms with E-state index < -0.39 is 0 Å². The molecule has 10 heteroatoms. The van der Waals surface area contributed by atoms with Crippen molar-refractivity contribution in [2.24, 2.45) is 0 Å². The van der Waals surface area contributed by atoms with Gasteiger partial charge in [0.25, 0.3) is 5.91 Å². The molecule has 0 aliphatic carbocycles. The monoisotopic (exact) mass is 661 g/mol. The lowest BCUT2D eigenvalue weighted by atomic mass is 10.2. The number of hydrogen-bond acceptors (Lipinski definition) is 4. The average Bonchev–Trinajstić information content (AvgIpc) is 3.02. The number of ether oxygens (including phenoxy) is 1. The summed E-state index contributed by atoms with van der Waals surface area (Å²) in [5.74, 6) is 0.409. The van der Waals surface area contributed by atoms with Gasteiger partial charge in [-0.2, -0.15) is 0 Å². The number of carbonyl (C=O) groups excluding carboxylic acids is 1. The molecule has 0 spiro atoms. The molecule has 3 aromatic rings. The van der Waals surface area contributed by atoms with E-state index in [-0.39, 0.29) is 5.91 Å². The van der Waals surface area contributed by atoms with Crippen LogP contribution in [-0.2, 0) is 11.4 Å². The number of amides is 1. The van der Waals surface area contributed by atoms with Crippen LogP contribution in [0.3, 0.4) is 0 Å². The van der Waals surface area contributed by atoms with Crippen molar-refractivity contribution in [1.29, 1.82) is 0 Å².